The summed E-state index contributed by atoms with van der Waals surface area (Å²) in [5, 5.41) is 4.59. The minimum Gasteiger partial charge on any atom is -0.378 e. The predicted octanol–water partition coefficient (Wildman–Crippen LogP) is 6.49. The number of anilines is 3. The van der Waals surface area contributed by atoms with Gasteiger partial charge in [-0.1, -0.05) is 35.0 Å². The van der Waals surface area contributed by atoms with Crippen molar-refractivity contribution in [1.82, 2.24) is 9.97 Å². The van der Waals surface area contributed by atoms with E-state index in [0.717, 1.165) is 38.3 Å². The maximum Gasteiger partial charge on any atom is 0.143 e. The van der Waals surface area contributed by atoms with Crippen LogP contribution >= 0.6 is 27.3 Å². The minimum absolute atomic E-state index is 0.844. The van der Waals surface area contributed by atoms with Crippen molar-refractivity contribution in [2.24, 2.45) is 0 Å². The number of fused-ring (bicyclic) bond motifs is 1. The zero-order chi connectivity index (χ0) is 19.7. The molecule has 0 spiro atoms. The number of nitrogens with zero attached hydrogens (tertiary/aromatic N) is 3. The van der Waals surface area contributed by atoms with Gasteiger partial charge in [-0.05, 0) is 48.4 Å². The topological polar surface area (TPSA) is 41.1 Å². The van der Waals surface area contributed by atoms with Crippen LogP contribution in [0.4, 0.5) is 17.2 Å². The van der Waals surface area contributed by atoms with Crippen molar-refractivity contribution in [3.05, 3.63) is 64.2 Å². The Hall–Kier alpha value is -2.44. The average Bonchev–Trinajstić information content (AvgIpc) is 3.09. The van der Waals surface area contributed by atoms with Crippen LogP contribution in [0.1, 0.15) is 11.8 Å². The van der Waals surface area contributed by atoms with E-state index in [1.54, 1.807) is 17.7 Å². The molecule has 0 saturated carbocycles. The Morgan fingerprint density at radius 3 is 2.36 bits per heavy atom. The fraction of sp³-hybridized carbons (Fsp3) is 0.182. The third-order valence-corrected chi connectivity index (χ3v) is 6.43. The quantitative estimate of drug-likeness (QED) is 0.375. The van der Waals surface area contributed by atoms with Gasteiger partial charge in [0.25, 0.3) is 0 Å². The Balaban J connectivity index is 1.82. The zero-order valence-corrected chi connectivity index (χ0v) is 18.4. The van der Waals surface area contributed by atoms with E-state index in [-0.39, 0.29) is 0 Å². The first-order valence-corrected chi connectivity index (χ1v) is 10.7. The monoisotopic (exact) mass is 452 g/mol. The molecule has 0 unspecified atom stereocenters. The molecule has 1 N–H and O–H groups in total. The summed E-state index contributed by atoms with van der Waals surface area (Å²) < 4.78 is 1.07. The summed E-state index contributed by atoms with van der Waals surface area (Å²) >= 11 is 5.28. The van der Waals surface area contributed by atoms with Crippen LogP contribution in [0.25, 0.3) is 21.3 Å². The highest BCUT2D eigenvalue weighted by Gasteiger charge is 2.18. The molecule has 28 heavy (non-hydrogen) atoms. The number of nitrogens with one attached hydrogen (secondary N) is 1. The molecule has 2 aromatic carbocycles. The van der Waals surface area contributed by atoms with Gasteiger partial charge in [0.05, 0.1) is 5.39 Å². The van der Waals surface area contributed by atoms with Crippen molar-refractivity contribution in [1.29, 1.82) is 0 Å². The largest absolute Gasteiger partial charge is 0.378 e. The number of thiophene rings is 1. The van der Waals surface area contributed by atoms with E-state index in [4.69, 9.17) is 0 Å². The molecule has 0 fully saturated rings. The Morgan fingerprint density at radius 2 is 1.71 bits per heavy atom. The summed E-state index contributed by atoms with van der Waals surface area (Å²) in [6.07, 6.45) is 2.60. The number of hydrogen-bond acceptors (Lipinski definition) is 5. The Labute approximate surface area is 177 Å². The van der Waals surface area contributed by atoms with Gasteiger partial charge in [-0.2, -0.15) is 0 Å². The van der Waals surface area contributed by atoms with Gasteiger partial charge in [-0.15, -0.1) is 11.3 Å². The molecule has 0 aliphatic carbocycles. The number of aromatic nitrogens is 2. The molecule has 2 aromatic heterocycles. The molecular weight excluding hydrogens is 432 g/mol. The summed E-state index contributed by atoms with van der Waals surface area (Å²) in [7, 11) is 4.08. The van der Waals surface area contributed by atoms with Crippen LogP contribution in [0, 0.1) is 0 Å². The van der Waals surface area contributed by atoms with Crippen molar-refractivity contribution in [3.63, 3.8) is 0 Å². The Bertz CT molecular complexity index is 1100. The molecule has 4 nitrogen and oxygen atoms in total. The van der Waals surface area contributed by atoms with Crippen molar-refractivity contribution in [2.75, 3.05) is 24.3 Å². The summed E-state index contributed by atoms with van der Waals surface area (Å²) in [5.74, 6) is 0.844. The van der Waals surface area contributed by atoms with Crippen molar-refractivity contribution < 1.29 is 0 Å². The predicted molar refractivity (Wildman–Crippen MR) is 124 cm³/mol. The van der Waals surface area contributed by atoms with Crippen LogP contribution < -0.4 is 10.2 Å². The first-order valence-electron chi connectivity index (χ1n) is 9.13. The molecule has 0 atom stereocenters. The van der Waals surface area contributed by atoms with Crippen molar-refractivity contribution >= 4 is 54.7 Å². The summed E-state index contributed by atoms with van der Waals surface area (Å²) in [6, 6.07) is 16.8. The molecule has 4 rings (SSSR count). The number of aryl methyl sites for hydroxylation is 1. The second kappa shape index (κ2) is 7.89. The van der Waals surface area contributed by atoms with Crippen LogP contribution in [0.2, 0.25) is 0 Å². The molecule has 0 bridgehead atoms. The van der Waals surface area contributed by atoms with Crippen molar-refractivity contribution in [2.45, 2.75) is 13.3 Å². The lowest BCUT2D eigenvalue weighted by Crippen LogP contribution is -2.08. The van der Waals surface area contributed by atoms with E-state index in [1.807, 2.05) is 14.1 Å². The fourth-order valence-electron chi connectivity index (χ4n) is 3.22. The van der Waals surface area contributed by atoms with E-state index in [1.165, 1.54) is 16.0 Å². The van der Waals surface area contributed by atoms with E-state index in [2.05, 4.69) is 91.6 Å². The zero-order valence-electron chi connectivity index (χ0n) is 16.0. The third-order valence-electron chi connectivity index (χ3n) is 4.66. The van der Waals surface area contributed by atoms with E-state index in [9.17, 15) is 0 Å². The lowest BCUT2D eigenvalue weighted by Gasteiger charge is -2.14. The van der Waals surface area contributed by atoms with E-state index < -0.39 is 0 Å². The molecule has 4 aromatic rings. The maximum absolute atomic E-state index is 4.58. The lowest BCUT2D eigenvalue weighted by atomic mass is 10.0. The summed E-state index contributed by atoms with van der Waals surface area (Å²) in [6.45, 7) is 2.19. The van der Waals surface area contributed by atoms with Crippen LogP contribution in [-0.4, -0.2) is 24.1 Å². The number of halogens is 1. The molecule has 0 aliphatic rings. The van der Waals surface area contributed by atoms with Gasteiger partial charge in [0.15, 0.2) is 0 Å². The number of hydrogen-bond donors (Lipinski definition) is 1. The smallest absolute Gasteiger partial charge is 0.143 e. The van der Waals surface area contributed by atoms with Crippen LogP contribution in [0.5, 0.6) is 0 Å². The van der Waals surface area contributed by atoms with Crippen LogP contribution in [0.3, 0.4) is 0 Å². The van der Waals surface area contributed by atoms with Crippen molar-refractivity contribution in [3.8, 4) is 11.1 Å². The summed E-state index contributed by atoms with van der Waals surface area (Å²) in [4.78, 5) is 13.5. The molecule has 0 amide bonds. The van der Waals surface area contributed by atoms with E-state index in [0.29, 0.717) is 0 Å². The molecule has 6 heteroatoms. The van der Waals surface area contributed by atoms with Crippen LogP contribution in [-0.2, 0) is 6.42 Å². The first kappa shape index (κ1) is 18.9. The van der Waals surface area contributed by atoms with Gasteiger partial charge in [0, 0.05) is 40.4 Å². The van der Waals surface area contributed by atoms with Gasteiger partial charge in [-0.3, -0.25) is 0 Å². The van der Waals surface area contributed by atoms with Gasteiger partial charge >= 0.3 is 0 Å². The molecule has 2 heterocycles. The van der Waals surface area contributed by atoms with Gasteiger partial charge in [-0.25, -0.2) is 9.97 Å². The maximum atomic E-state index is 4.58. The summed E-state index contributed by atoms with van der Waals surface area (Å²) in [5.41, 5.74) is 4.59. The Kier molecular flexibility index (Phi) is 5.33. The molecule has 0 radical (unpaired) electrons. The van der Waals surface area contributed by atoms with Gasteiger partial charge < -0.3 is 10.2 Å². The molecule has 0 aliphatic heterocycles. The van der Waals surface area contributed by atoms with Gasteiger partial charge in [0.1, 0.15) is 17.0 Å². The molecular formula is C22H21BrN4S. The average molecular weight is 453 g/mol. The minimum atomic E-state index is 0.844. The van der Waals surface area contributed by atoms with Crippen LogP contribution in [0.15, 0.2) is 59.3 Å². The second-order valence-electron chi connectivity index (χ2n) is 6.73. The first-order chi connectivity index (χ1) is 13.6. The molecule has 142 valence electrons. The SMILES string of the molecule is CCc1sc2ncnc(Nc3ccc(N(C)C)cc3)c2c1-c1ccc(Br)cc1. The highest BCUT2D eigenvalue weighted by molar-refractivity contribution is 9.10. The van der Waals surface area contributed by atoms with E-state index >= 15 is 0 Å². The third kappa shape index (κ3) is 3.62. The number of rotatable bonds is 5. The number of benzene rings is 2. The highest BCUT2D eigenvalue weighted by atomic mass is 79.9. The second-order valence-corrected chi connectivity index (χ2v) is 8.73. The Morgan fingerprint density at radius 1 is 1.00 bits per heavy atom. The normalized spacial score (nSPS) is 11.0. The fourth-order valence-corrected chi connectivity index (χ4v) is 4.59. The lowest BCUT2D eigenvalue weighted by molar-refractivity contribution is 1.13. The van der Waals surface area contributed by atoms with Gasteiger partial charge in [0.2, 0.25) is 0 Å². The highest BCUT2D eigenvalue weighted by Crippen LogP contribution is 2.42. The standard InChI is InChI=1S/C22H21BrN4S/c1-4-18-19(14-5-7-15(23)8-6-14)20-21(24-13-25-22(20)28-18)26-16-9-11-17(12-10-16)27(2)3/h5-13H,4H2,1-3H3,(H,24,25,26). The molecule has 0 saturated heterocycles.